The maximum absolute atomic E-state index is 12.2. The number of hydrogen-bond acceptors (Lipinski definition) is 3. The van der Waals surface area contributed by atoms with Crippen molar-refractivity contribution in [1.29, 1.82) is 0 Å². The molecule has 0 saturated heterocycles. The molecule has 0 amide bonds. The highest BCUT2D eigenvalue weighted by atomic mass is 32.2. The van der Waals surface area contributed by atoms with Crippen LogP contribution in [-0.2, 0) is 16.4 Å². The fourth-order valence-corrected chi connectivity index (χ4v) is 3.37. The summed E-state index contributed by atoms with van der Waals surface area (Å²) in [5.74, 6) is 0. The molecule has 5 heteroatoms. The molecule has 0 aliphatic rings. The number of rotatable bonds is 6. The molecule has 0 radical (unpaired) electrons. The zero-order valence-electron chi connectivity index (χ0n) is 12.0. The lowest BCUT2D eigenvalue weighted by Crippen LogP contribution is -2.25. The van der Waals surface area contributed by atoms with Crippen LogP contribution in [0.15, 0.2) is 53.4 Å². The van der Waals surface area contributed by atoms with Crippen LogP contribution in [0.25, 0.3) is 0 Å². The lowest BCUT2D eigenvalue weighted by atomic mass is 10.1. The Bertz CT molecular complexity index is 677. The number of benzene rings is 2. The van der Waals surface area contributed by atoms with Gasteiger partial charge in [-0.15, -0.1) is 0 Å². The van der Waals surface area contributed by atoms with E-state index in [9.17, 15) is 8.42 Å². The summed E-state index contributed by atoms with van der Waals surface area (Å²) in [5.41, 5.74) is 8.19. The molecule has 0 aliphatic carbocycles. The third-order valence-corrected chi connectivity index (χ3v) is 4.60. The first-order valence-corrected chi connectivity index (χ1v) is 8.36. The molecule has 112 valence electrons. The van der Waals surface area contributed by atoms with Crippen molar-refractivity contribution in [3.8, 4) is 0 Å². The average molecular weight is 304 g/mol. The van der Waals surface area contributed by atoms with E-state index in [1.807, 2.05) is 37.3 Å². The second-order valence-corrected chi connectivity index (χ2v) is 6.83. The van der Waals surface area contributed by atoms with E-state index < -0.39 is 10.0 Å². The van der Waals surface area contributed by atoms with Crippen LogP contribution in [0.2, 0.25) is 0 Å². The molecule has 2 aromatic carbocycles. The van der Waals surface area contributed by atoms with Crippen LogP contribution >= 0.6 is 0 Å². The number of hydrogen-bond donors (Lipinski definition) is 2. The van der Waals surface area contributed by atoms with Gasteiger partial charge in [-0.2, -0.15) is 0 Å². The van der Waals surface area contributed by atoms with Crippen molar-refractivity contribution in [2.45, 2.75) is 24.7 Å². The molecular formula is C16H20N2O2S. The van der Waals surface area contributed by atoms with Gasteiger partial charge in [0.15, 0.2) is 0 Å². The van der Waals surface area contributed by atoms with Gasteiger partial charge in [0.2, 0.25) is 10.0 Å². The van der Waals surface area contributed by atoms with Crippen molar-refractivity contribution in [3.05, 3.63) is 59.7 Å². The Labute approximate surface area is 126 Å². The van der Waals surface area contributed by atoms with E-state index in [-0.39, 0.29) is 4.90 Å². The summed E-state index contributed by atoms with van der Waals surface area (Å²) >= 11 is 0. The van der Waals surface area contributed by atoms with Gasteiger partial charge in [-0.3, -0.25) is 0 Å². The number of anilines is 1. The Morgan fingerprint density at radius 3 is 2.48 bits per heavy atom. The summed E-state index contributed by atoms with van der Waals surface area (Å²) < 4.78 is 27.0. The molecule has 0 atom stereocenters. The Morgan fingerprint density at radius 1 is 1.10 bits per heavy atom. The SMILES string of the molecule is Cc1cc(N)cc(S(=O)(=O)NCCCc2ccccc2)c1. The lowest BCUT2D eigenvalue weighted by molar-refractivity contribution is 0.579. The molecule has 0 aliphatic heterocycles. The first-order valence-electron chi connectivity index (χ1n) is 6.88. The summed E-state index contributed by atoms with van der Waals surface area (Å²) in [6.07, 6.45) is 1.60. The fourth-order valence-electron chi connectivity index (χ4n) is 2.16. The Hall–Kier alpha value is -1.85. The van der Waals surface area contributed by atoms with Gasteiger partial charge in [-0.05, 0) is 49.1 Å². The topological polar surface area (TPSA) is 72.2 Å². The van der Waals surface area contributed by atoms with Gasteiger partial charge in [-0.25, -0.2) is 13.1 Å². The van der Waals surface area contributed by atoms with E-state index in [2.05, 4.69) is 4.72 Å². The van der Waals surface area contributed by atoms with Gasteiger partial charge in [-0.1, -0.05) is 30.3 Å². The summed E-state index contributed by atoms with van der Waals surface area (Å²) in [7, 11) is -3.49. The number of nitrogens with two attached hydrogens (primary N) is 1. The molecule has 0 saturated carbocycles. The lowest BCUT2D eigenvalue weighted by Gasteiger charge is -2.08. The zero-order chi connectivity index (χ0) is 15.3. The highest BCUT2D eigenvalue weighted by Gasteiger charge is 2.14. The zero-order valence-corrected chi connectivity index (χ0v) is 12.9. The van der Waals surface area contributed by atoms with Crippen LogP contribution in [-0.4, -0.2) is 15.0 Å². The van der Waals surface area contributed by atoms with Crippen LogP contribution in [0.3, 0.4) is 0 Å². The van der Waals surface area contributed by atoms with Crippen molar-refractivity contribution in [2.75, 3.05) is 12.3 Å². The van der Waals surface area contributed by atoms with Crippen molar-refractivity contribution >= 4 is 15.7 Å². The third-order valence-electron chi connectivity index (χ3n) is 3.16. The molecule has 0 aromatic heterocycles. The first kappa shape index (κ1) is 15.5. The van der Waals surface area contributed by atoms with E-state index >= 15 is 0 Å². The quantitative estimate of drug-likeness (QED) is 0.636. The minimum absolute atomic E-state index is 0.222. The predicted molar refractivity (Wildman–Crippen MR) is 85.5 cm³/mol. The van der Waals surface area contributed by atoms with E-state index in [4.69, 9.17) is 5.73 Å². The monoisotopic (exact) mass is 304 g/mol. The number of nitrogen functional groups attached to an aromatic ring is 1. The molecule has 2 aromatic rings. The second-order valence-electron chi connectivity index (χ2n) is 5.07. The Kier molecular flexibility index (Phi) is 4.98. The Balaban J connectivity index is 1.92. The summed E-state index contributed by atoms with van der Waals surface area (Å²) in [4.78, 5) is 0.222. The minimum atomic E-state index is -3.49. The normalized spacial score (nSPS) is 11.5. The van der Waals surface area contributed by atoms with Gasteiger partial charge >= 0.3 is 0 Å². The number of nitrogens with one attached hydrogen (secondary N) is 1. The van der Waals surface area contributed by atoms with Crippen molar-refractivity contribution < 1.29 is 8.42 Å². The van der Waals surface area contributed by atoms with Crippen LogP contribution < -0.4 is 10.5 Å². The Morgan fingerprint density at radius 2 is 1.81 bits per heavy atom. The van der Waals surface area contributed by atoms with Crippen molar-refractivity contribution in [3.63, 3.8) is 0 Å². The molecule has 4 nitrogen and oxygen atoms in total. The average Bonchev–Trinajstić information content (AvgIpc) is 2.44. The van der Waals surface area contributed by atoms with Gasteiger partial charge in [0, 0.05) is 12.2 Å². The maximum atomic E-state index is 12.2. The van der Waals surface area contributed by atoms with Crippen LogP contribution in [0.4, 0.5) is 5.69 Å². The van der Waals surface area contributed by atoms with E-state index in [0.29, 0.717) is 12.2 Å². The molecule has 0 spiro atoms. The van der Waals surface area contributed by atoms with Gasteiger partial charge in [0.1, 0.15) is 0 Å². The van der Waals surface area contributed by atoms with E-state index in [0.717, 1.165) is 18.4 Å². The van der Waals surface area contributed by atoms with Crippen LogP contribution in [0, 0.1) is 6.92 Å². The smallest absolute Gasteiger partial charge is 0.240 e. The molecule has 3 N–H and O–H groups in total. The highest BCUT2D eigenvalue weighted by molar-refractivity contribution is 7.89. The second kappa shape index (κ2) is 6.74. The molecule has 0 fully saturated rings. The standard InChI is InChI=1S/C16H20N2O2S/c1-13-10-15(17)12-16(11-13)21(19,20)18-9-5-8-14-6-3-2-4-7-14/h2-4,6-7,10-12,18H,5,8-9,17H2,1H3. The van der Waals surface area contributed by atoms with E-state index in [1.165, 1.54) is 11.6 Å². The summed E-state index contributed by atoms with van der Waals surface area (Å²) in [6.45, 7) is 2.23. The summed E-state index contributed by atoms with van der Waals surface area (Å²) in [5, 5.41) is 0. The fraction of sp³-hybridized carbons (Fsp3) is 0.250. The summed E-state index contributed by atoms with van der Waals surface area (Å²) in [6, 6.07) is 14.8. The van der Waals surface area contributed by atoms with Crippen molar-refractivity contribution in [1.82, 2.24) is 4.72 Å². The third kappa shape index (κ3) is 4.58. The molecule has 0 bridgehead atoms. The van der Waals surface area contributed by atoms with Crippen molar-refractivity contribution in [2.24, 2.45) is 0 Å². The van der Waals surface area contributed by atoms with Gasteiger partial charge in [0.25, 0.3) is 0 Å². The number of sulfonamides is 1. The number of aryl methyl sites for hydroxylation is 2. The molecule has 21 heavy (non-hydrogen) atoms. The maximum Gasteiger partial charge on any atom is 0.240 e. The predicted octanol–water partition coefficient (Wildman–Crippen LogP) is 2.49. The van der Waals surface area contributed by atoms with Gasteiger partial charge in [0.05, 0.1) is 4.90 Å². The molecule has 0 heterocycles. The highest BCUT2D eigenvalue weighted by Crippen LogP contribution is 2.16. The first-order chi connectivity index (χ1) is 9.97. The molecule has 2 rings (SSSR count). The molecule has 0 unspecified atom stereocenters. The van der Waals surface area contributed by atoms with Gasteiger partial charge < -0.3 is 5.73 Å². The molecular weight excluding hydrogens is 284 g/mol. The van der Waals surface area contributed by atoms with Crippen LogP contribution in [0.5, 0.6) is 0 Å². The largest absolute Gasteiger partial charge is 0.399 e. The van der Waals surface area contributed by atoms with E-state index in [1.54, 1.807) is 12.1 Å². The van der Waals surface area contributed by atoms with Crippen LogP contribution in [0.1, 0.15) is 17.5 Å². The minimum Gasteiger partial charge on any atom is -0.399 e.